The van der Waals surface area contributed by atoms with E-state index in [0.717, 1.165) is 29.6 Å². The predicted molar refractivity (Wildman–Crippen MR) is 72.9 cm³/mol. The molecule has 0 radical (unpaired) electrons. The number of rotatable bonds is 4. The van der Waals surface area contributed by atoms with Crippen molar-refractivity contribution in [3.8, 4) is 0 Å². The van der Waals surface area contributed by atoms with Gasteiger partial charge in [-0.3, -0.25) is 0 Å². The summed E-state index contributed by atoms with van der Waals surface area (Å²) < 4.78 is 0. The fourth-order valence-electron chi connectivity index (χ4n) is 5.95. The summed E-state index contributed by atoms with van der Waals surface area (Å²) in [5, 5.41) is 3.47. The van der Waals surface area contributed by atoms with E-state index in [4.69, 9.17) is 0 Å². The molecule has 0 spiro atoms. The van der Waals surface area contributed by atoms with Crippen LogP contribution in [0.3, 0.4) is 0 Å². The Morgan fingerprint density at radius 2 is 1.53 bits per heavy atom. The third-order valence-corrected chi connectivity index (χ3v) is 6.42. The predicted octanol–water partition coefficient (Wildman–Crippen LogP) is 3.69. The van der Waals surface area contributed by atoms with Gasteiger partial charge in [-0.15, -0.1) is 0 Å². The molecule has 4 aliphatic carbocycles. The van der Waals surface area contributed by atoms with Crippen LogP contribution in [0.1, 0.15) is 52.4 Å². The highest BCUT2D eigenvalue weighted by Crippen LogP contribution is 2.61. The minimum atomic E-state index is 0.553. The van der Waals surface area contributed by atoms with Gasteiger partial charge in [0, 0.05) is 6.54 Å². The van der Waals surface area contributed by atoms with Gasteiger partial charge in [-0.05, 0) is 80.6 Å². The average molecular weight is 235 g/mol. The standard InChI is InChI=1S/C16H29N/c1-4-16(2,10-17-3)15-13-6-11-5-12(8-13)9-14(15)7-11/h11-15,17H,4-10H2,1-3H3. The lowest BCUT2D eigenvalue weighted by Gasteiger charge is -2.59. The second-order valence-corrected chi connectivity index (χ2v) is 7.49. The van der Waals surface area contributed by atoms with Crippen LogP contribution in [0.2, 0.25) is 0 Å². The molecule has 4 fully saturated rings. The quantitative estimate of drug-likeness (QED) is 0.783. The van der Waals surface area contributed by atoms with Crippen LogP contribution < -0.4 is 5.32 Å². The van der Waals surface area contributed by atoms with Crippen molar-refractivity contribution in [2.75, 3.05) is 13.6 Å². The van der Waals surface area contributed by atoms with Crippen molar-refractivity contribution in [1.82, 2.24) is 5.32 Å². The highest BCUT2D eigenvalue weighted by Gasteiger charge is 2.53. The first-order valence-electron chi connectivity index (χ1n) is 7.81. The Labute approximate surface area is 107 Å². The molecule has 4 rings (SSSR count). The molecule has 0 aromatic heterocycles. The fourth-order valence-corrected chi connectivity index (χ4v) is 5.95. The van der Waals surface area contributed by atoms with Gasteiger partial charge in [-0.1, -0.05) is 13.8 Å². The SMILES string of the molecule is CCC(C)(CNC)C1C2CC3CC(C2)CC1C3. The van der Waals surface area contributed by atoms with E-state index in [1.165, 1.54) is 13.0 Å². The minimum Gasteiger partial charge on any atom is -0.319 e. The second kappa shape index (κ2) is 4.26. The molecule has 98 valence electrons. The Hall–Kier alpha value is -0.0400. The molecule has 1 N–H and O–H groups in total. The van der Waals surface area contributed by atoms with Crippen LogP contribution in [0.15, 0.2) is 0 Å². The maximum absolute atomic E-state index is 3.47. The molecule has 1 unspecified atom stereocenters. The van der Waals surface area contributed by atoms with Crippen molar-refractivity contribution < 1.29 is 0 Å². The van der Waals surface area contributed by atoms with E-state index in [-0.39, 0.29) is 0 Å². The van der Waals surface area contributed by atoms with E-state index in [1.807, 2.05) is 0 Å². The van der Waals surface area contributed by atoms with Gasteiger partial charge in [0.1, 0.15) is 0 Å². The van der Waals surface area contributed by atoms with E-state index < -0.39 is 0 Å². The van der Waals surface area contributed by atoms with Crippen molar-refractivity contribution in [1.29, 1.82) is 0 Å². The van der Waals surface area contributed by atoms with Crippen LogP contribution in [0, 0.1) is 35.0 Å². The third-order valence-electron chi connectivity index (χ3n) is 6.42. The molecule has 0 amide bonds. The maximum Gasteiger partial charge on any atom is 0.000491 e. The summed E-state index contributed by atoms with van der Waals surface area (Å²) in [4.78, 5) is 0. The van der Waals surface area contributed by atoms with E-state index in [2.05, 4.69) is 26.2 Å². The number of nitrogens with one attached hydrogen (secondary N) is 1. The van der Waals surface area contributed by atoms with Gasteiger partial charge in [-0.2, -0.15) is 0 Å². The lowest BCUT2D eigenvalue weighted by atomic mass is 9.46. The molecule has 0 aromatic carbocycles. The van der Waals surface area contributed by atoms with Crippen LogP contribution in [0.5, 0.6) is 0 Å². The van der Waals surface area contributed by atoms with E-state index >= 15 is 0 Å². The lowest BCUT2D eigenvalue weighted by Crippen LogP contribution is -2.53. The molecule has 1 nitrogen and oxygen atoms in total. The first-order valence-corrected chi connectivity index (χ1v) is 7.81. The molecule has 4 bridgehead atoms. The summed E-state index contributed by atoms with van der Waals surface area (Å²) in [6.45, 7) is 6.18. The summed E-state index contributed by atoms with van der Waals surface area (Å²) in [5.41, 5.74) is 0.553. The van der Waals surface area contributed by atoms with E-state index in [0.29, 0.717) is 5.41 Å². The van der Waals surface area contributed by atoms with Gasteiger partial charge >= 0.3 is 0 Å². The van der Waals surface area contributed by atoms with Gasteiger partial charge in [0.25, 0.3) is 0 Å². The molecule has 1 atom stereocenters. The minimum absolute atomic E-state index is 0.553. The molecular weight excluding hydrogens is 206 g/mol. The van der Waals surface area contributed by atoms with Gasteiger partial charge in [-0.25, -0.2) is 0 Å². The topological polar surface area (TPSA) is 12.0 Å². The zero-order valence-electron chi connectivity index (χ0n) is 11.8. The Balaban J connectivity index is 1.83. The highest BCUT2D eigenvalue weighted by atomic mass is 14.8. The largest absolute Gasteiger partial charge is 0.319 e. The lowest BCUT2D eigenvalue weighted by molar-refractivity contribution is -0.0919. The fraction of sp³-hybridized carbons (Fsp3) is 1.00. The molecule has 0 saturated heterocycles. The highest BCUT2D eigenvalue weighted by molar-refractivity contribution is 5.03. The summed E-state index contributed by atoms with van der Waals surface area (Å²) in [5.74, 6) is 5.40. The first kappa shape index (κ1) is 12.0. The van der Waals surface area contributed by atoms with Gasteiger partial charge in [0.05, 0.1) is 0 Å². The summed E-state index contributed by atoms with van der Waals surface area (Å²) >= 11 is 0. The second-order valence-electron chi connectivity index (χ2n) is 7.49. The smallest absolute Gasteiger partial charge is 0.000491 e. The van der Waals surface area contributed by atoms with Crippen molar-refractivity contribution in [2.24, 2.45) is 35.0 Å². The monoisotopic (exact) mass is 235 g/mol. The molecular formula is C16H29N. The van der Waals surface area contributed by atoms with E-state index in [9.17, 15) is 0 Å². The Morgan fingerprint density at radius 3 is 1.94 bits per heavy atom. The van der Waals surface area contributed by atoms with Crippen LogP contribution in [0.4, 0.5) is 0 Å². The zero-order valence-corrected chi connectivity index (χ0v) is 11.8. The number of hydrogen-bond donors (Lipinski definition) is 1. The molecule has 1 heteroatoms. The van der Waals surface area contributed by atoms with Crippen molar-refractivity contribution in [3.63, 3.8) is 0 Å². The molecule has 17 heavy (non-hydrogen) atoms. The molecule has 4 saturated carbocycles. The van der Waals surface area contributed by atoms with Crippen LogP contribution >= 0.6 is 0 Å². The molecule has 0 aromatic rings. The van der Waals surface area contributed by atoms with Crippen LogP contribution in [0.25, 0.3) is 0 Å². The molecule has 0 aliphatic heterocycles. The normalized spacial score (nSPS) is 47.1. The van der Waals surface area contributed by atoms with Crippen molar-refractivity contribution in [2.45, 2.75) is 52.4 Å². The Morgan fingerprint density at radius 1 is 1.00 bits per heavy atom. The Bertz CT molecular complexity index is 257. The maximum atomic E-state index is 3.47. The van der Waals surface area contributed by atoms with Gasteiger partial charge in [0.2, 0.25) is 0 Å². The summed E-state index contributed by atoms with van der Waals surface area (Å²) in [6, 6.07) is 0. The van der Waals surface area contributed by atoms with Crippen molar-refractivity contribution in [3.05, 3.63) is 0 Å². The summed E-state index contributed by atoms with van der Waals surface area (Å²) in [7, 11) is 2.13. The first-order chi connectivity index (χ1) is 8.16. The van der Waals surface area contributed by atoms with E-state index in [1.54, 1.807) is 32.1 Å². The molecule has 4 aliphatic rings. The molecule has 0 heterocycles. The third kappa shape index (κ3) is 1.85. The van der Waals surface area contributed by atoms with Crippen molar-refractivity contribution >= 4 is 0 Å². The van der Waals surface area contributed by atoms with Crippen LogP contribution in [-0.4, -0.2) is 13.6 Å². The summed E-state index contributed by atoms with van der Waals surface area (Å²) in [6.07, 6.45) is 9.19. The Kier molecular flexibility index (Phi) is 3.01. The zero-order chi connectivity index (χ0) is 12.0. The van der Waals surface area contributed by atoms with Crippen LogP contribution in [-0.2, 0) is 0 Å². The number of hydrogen-bond acceptors (Lipinski definition) is 1. The van der Waals surface area contributed by atoms with Gasteiger partial charge < -0.3 is 5.32 Å². The van der Waals surface area contributed by atoms with Gasteiger partial charge in [0.15, 0.2) is 0 Å². The average Bonchev–Trinajstić information content (AvgIpc) is 2.27.